The molecule has 2 amide bonds. The van der Waals surface area contributed by atoms with Gasteiger partial charge in [0.25, 0.3) is 5.91 Å². The summed E-state index contributed by atoms with van der Waals surface area (Å²) in [5.74, 6) is 0.563. The smallest absolute Gasteiger partial charge is 0.254 e. The maximum Gasteiger partial charge on any atom is 0.254 e. The van der Waals surface area contributed by atoms with Gasteiger partial charge >= 0.3 is 0 Å². The van der Waals surface area contributed by atoms with Crippen molar-refractivity contribution < 1.29 is 9.59 Å². The minimum atomic E-state index is -0.108. The second kappa shape index (κ2) is 13.5. The van der Waals surface area contributed by atoms with Crippen LogP contribution in [0.15, 0.2) is 29.3 Å². The minimum Gasteiger partial charge on any atom is -0.356 e. The van der Waals surface area contributed by atoms with E-state index in [1.165, 1.54) is 25.7 Å². The average molecular weight is 543 g/mol. The number of nitrogens with one attached hydrogen (secondary N) is 3. The zero-order valence-electron chi connectivity index (χ0n) is 19.3. The highest BCUT2D eigenvalue weighted by Crippen LogP contribution is 2.22. The second-order valence-electron chi connectivity index (χ2n) is 8.67. The van der Waals surface area contributed by atoms with Crippen LogP contribution in [-0.4, -0.2) is 55.9 Å². The summed E-state index contributed by atoms with van der Waals surface area (Å²) in [7, 11) is 1.77. The van der Waals surface area contributed by atoms with E-state index in [9.17, 15) is 9.59 Å². The lowest BCUT2D eigenvalue weighted by Gasteiger charge is -2.26. The predicted octanol–water partition coefficient (Wildman–Crippen LogP) is 3.15. The van der Waals surface area contributed by atoms with E-state index in [0.717, 1.165) is 18.1 Å². The second-order valence-corrected chi connectivity index (χ2v) is 8.67. The molecule has 0 saturated carbocycles. The molecule has 1 aliphatic heterocycles. The molecule has 7 nitrogen and oxygen atoms in total. The number of carbonyl (C=O) groups excluding carboxylic acids is 2. The Morgan fingerprint density at radius 3 is 2.52 bits per heavy atom. The lowest BCUT2D eigenvalue weighted by atomic mass is 9.87. The molecule has 0 unspecified atom stereocenters. The van der Waals surface area contributed by atoms with Gasteiger partial charge in [-0.15, -0.1) is 24.0 Å². The molecule has 31 heavy (non-hydrogen) atoms. The van der Waals surface area contributed by atoms with E-state index in [2.05, 4.69) is 41.7 Å². The lowest BCUT2D eigenvalue weighted by molar-refractivity contribution is -0.123. The Balaban J connectivity index is 0.00000480. The number of piperazine rings is 1. The standard InChI is InChI=1S/C23H37N5O2.HI/c1-5-6-7-12-23(2,3)17-27-22(24-4)26-15-18-8-10-19(11-9-18)21(30)28-14-13-25-20(29)16-28;/h8-11H,5-7,12-17H2,1-4H3,(H,25,29)(H2,24,26,27);1H. The number of rotatable bonds is 9. The monoisotopic (exact) mass is 543 g/mol. The van der Waals surface area contributed by atoms with Crippen molar-refractivity contribution in [3.8, 4) is 0 Å². The first kappa shape index (κ1) is 27.2. The Morgan fingerprint density at radius 1 is 1.19 bits per heavy atom. The van der Waals surface area contributed by atoms with Crippen molar-refractivity contribution in [2.45, 2.75) is 53.0 Å². The number of amides is 2. The van der Waals surface area contributed by atoms with Gasteiger partial charge in [0, 0.05) is 38.8 Å². The first-order valence-electron chi connectivity index (χ1n) is 10.9. The van der Waals surface area contributed by atoms with E-state index >= 15 is 0 Å². The molecule has 1 saturated heterocycles. The van der Waals surface area contributed by atoms with Gasteiger partial charge in [0.2, 0.25) is 5.91 Å². The van der Waals surface area contributed by atoms with Gasteiger partial charge in [0.05, 0.1) is 6.54 Å². The third-order valence-corrected chi connectivity index (χ3v) is 5.40. The Bertz CT molecular complexity index is 734. The molecular formula is C23H38IN5O2. The van der Waals surface area contributed by atoms with Crippen LogP contribution in [0.4, 0.5) is 0 Å². The zero-order chi connectivity index (χ0) is 22.0. The van der Waals surface area contributed by atoms with Crippen molar-refractivity contribution in [1.82, 2.24) is 20.9 Å². The van der Waals surface area contributed by atoms with E-state index in [-0.39, 0.29) is 47.8 Å². The number of nitrogens with zero attached hydrogens (tertiary/aromatic N) is 2. The van der Waals surface area contributed by atoms with E-state index in [0.29, 0.717) is 25.2 Å². The normalized spacial score (nSPS) is 14.5. The van der Waals surface area contributed by atoms with Crippen LogP contribution in [0, 0.1) is 5.41 Å². The molecule has 1 fully saturated rings. The van der Waals surface area contributed by atoms with Gasteiger partial charge in [-0.3, -0.25) is 14.6 Å². The van der Waals surface area contributed by atoms with Crippen LogP contribution < -0.4 is 16.0 Å². The molecule has 2 rings (SSSR count). The molecule has 0 radical (unpaired) electrons. The number of hydrogen-bond acceptors (Lipinski definition) is 3. The molecule has 1 aliphatic rings. The van der Waals surface area contributed by atoms with Gasteiger partial charge in [-0.2, -0.15) is 0 Å². The molecule has 0 bridgehead atoms. The SMILES string of the molecule is CCCCCC(C)(C)CNC(=NC)NCc1ccc(C(=O)N2CCNC(=O)C2)cc1.I. The van der Waals surface area contributed by atoms with Crippen LogP contribution in [0.2, 0.25) is 0 Å². The maximum absolute atomic E-state index is 12.5. The molecule has 1 aromatic carbocycles. The van der Waals surface area contributed by atoms with Crippen LogP contribution in [0.3, 0.4) is 0 Å². The number of hydrogen-bond donors (Lipinski definition) is 3. The van der Waals surface area contributed by atoms with Gasteiger partial charge in [0.1, 0.15) is 0 Å². The molecule has 0 aromatic heterocycles. The molecule has 174 valence electrons. The molecule has 0 atom stereocenters. The third-order valence-electron chi connectivity index (χ3n) is 5.40. The maximum atomic E-state index is 12.5. The number of carbonyl (C=O) groups is 2. The highest BCUT2D eigenvalue weighted by Gasteiger charge is 2.22. The average Bonchev–Trinajstić information content (AvgIpc) is 2.74. The van der Waals surface area contributed by atoms with Crippen molar-refractivity contribution in [1.29, 1.82) is 0 Å². The number of benzene rings is 1. The fourth-order valence-corrected chi connectivity index (χ4v) is 3.43. The van der Waals surface area contributed by atoms with Crippen molar-refractivity contribution in [2.24, 2.45) is 10.4 Å². The number of guanidine groups is 1. The molecule has 0 aliphatic carbocycles. The number of aliphatic imine (C=N–C) groups is 1. The van der Waals surface area contributed by atoms with Gasteiger partial charge in [-0.25, -0.2) is 0 Å². The highest BCUT2D eigenvalue weighted by atomic mass is 127. The van der Waals surface area contributed by atoms with E-state index in [4.69, 9.17) is 0 Å². The van der Waals surface area contributed by atoms with Crippen molar-refractivity contribution >= 4 is 41.8 Å². The zero-order valence-corrected chi connectivity index (χ0v) is 21.6. The predicted molar refractivity (Wildman–Crippen MR) is 137 cm³/mol. The Hall–Kier alpha value is -1.84. The summed E-state index contributed by atoms with van der Waals surface area (Å²) in [6, 6.07) is 7.51. The first-order valence-corrected chi connectivity index (χ1v) is 10.9. The van der Waals surface area contributed by atoms with Crippen LogP contribution in [0.5, 0.6) is 0 Å². The summed E-state index contributed by atoms with van der Waals surface area (Å²) in [6.07, 6.45) is 4.97. The fraction of sp³-hybridized carbons (Fsp3) is 0.609. The lowest BCUT2D eigenvalue weighted by Crippen LogP contribution is -2.49. The number of halogens is 1. The Labute approximate surface area is 203 Å². The quantitative estimate of drug-likeness (QED) is 0.193. The van der Waals surface area contributed by atoms with E-state index < -0.39 is 0 Å². The van der Waals surface area contributed by atoms with Gasteiger partial charge in [-0.05, 0) is 29.5 Å². The minimum absolute atomic E-state index is 0. The largest absolute Gasteiger partial charge is 0.356 e. The van der Waals surface area contributed by atoms with E-state index in [1.54, 1.807) is 11.9 Å². The summed E-state index contributed by atoms with van der Waals surface area (Å²) in [4.78, 5) is 29.9. The molecule has 8 heteroatoms. The van der Waals surface area contributed by atoms with Gasteiger partial charge in [0.15, 0.2) is 5.96 Å². The highest BCUT2D eigenvalue weighted by molar-refractivity contribution is 14.0. The Morgan fingerprint density at radius 2 is 1.90 bits per heavy atom. The van der Waals surface area contributed by atoms with E-state index in [1.807, 2.05) is 24.3 Å². The fourth-order valence-electron chi connectivity index (χ4n) is 3.43. The summed E-state index contributed by atoms with van der Waals surface area (Å²) < 4.78 is 0. The summed E-state index contributed by atoms with van der Waals surface area (Å²) in [5.41, 5.74) is 1.89. The van der Waals surface area contributed by atoms with Crippen molar-refractivity contribution in [3.63, 3.8) is 0 Å². The number of unbranched alkanes of at least 4 members (excludes halogenated alkanes) is 2. The topological polar surface area (TPSA) is 85.8 Å². The molecule has 3 N–H and O–H groups in total. The van der Waals surface area contributed by atoms with Crippen LogP contribution in [0.1, 0.15) is 62.4 Å². The van der Waals surface area contributed by atoms with Crippen molar-refractivity contribution in [2.75, 3.05) is 33.2 Å². The first-order chi connectivity index (χ1) is 14.3. The van der Waals surface area contributed by atoms with Gasteiger partial charge < -0.3 is 20.9 Å². The summed E-state index contributed by atoms with van der Waals surface area (Å²) in [6.45, 7) is 9.46. The van der Waals surface area contributed by atoms with Crippen LogP contribution >= 0.6 is 24.0 Å². The third kappa shape index (κ3) is 9.45. The van der Waals surface area contributed by atoms with Gasteiger partial charge in [-0.1, -0.05) is 52.2 Å². The molecular weight excluding hydrogens is 505 g/mol. The summed E-state index contributed by atoms with van der Waals surface area (Å²) in [5, 5.41) is 9.49. The summed E-state index contributed by atoms with van der Waals surface area (Å²) >= 11 is 0. The van der Waals surface area contributed by atoms with Crippen molar-refractivity contribution in [3.05, 3.63) is 35.4 Å². The van der Waals surface area contributed by atoms with Crippen LogP contribution in [0.25, 0.3) is 0 Å². The molecule has 1 aromatic rings. The molecule has 0 spiro atoms. The van der Waals surface area contributed by atoms with Crippen LogP contribution in [-0.2, 0) is 11.3 Å². The Kier molecular flexibility index (Phi) is 11.9. The molecule has 1 heterocycles.